The Morgan fingerprint density at radius 2 is 1.86 bits per heavy atom. The fraction of sp³-hybridized carbons (Fsp3) is 0.611. The number of fused-ring (bicyclic) bond motifs is 2. The number of nitrogens with one attached hydrogen (secondary N) is 1. The summed E-state index contributed by atoms with van der Waals surface area (Å²) in [6.07, 6.45) is 6.57. The largest absolute Gasteiger partial charge is 0.327 e. The summed E-state index contributed by atoms with van der Waals surface area (Å²) in [5, 5.41) is 3.16. The van der Waals surface area contributed by atoms with Crippen molar-refractivity contribution in [2.75, 3.05) is 5.32 Å². The third kappa shape index (κ3) is 3.47. The highest BCUT2D eigenvalue weighted by Crippen LogP contribution is 2.42. The lowest BCUT2D eigenvalue weighted by Gasteiger charge is -2.43. The highest BCUT2D eigenvalue weighted by Gasteiger charge is 2.40. The third-order valence-electron chi connectivity index (χ3n) is 5.44. The van der Waals surface area contributed by atoms with Crippen LogP contribution in [0, 0.1) is 17.8 Å². The highest BCUT2D eigenvalue weighted by molar-refractivity contribution is 5.93. The summed E-state index contributed by atoms with van der Waals surface area (Å²) < 4.78 is 0. The molecule has 0 radical (unpaired) electrons. The molecule has 2 unspecified atom stereocenters. The molecule has 3 nitrogen and oxygen atoms in total. The lowest BCUT2D eigenvalue weighted by molar-refractivity contribution is -0.122. The molecule has 3 N–H and O–H groups in total. The van der Waals surface area contributed by atoms with Crippen LogP contribution in [0.1, 0.15) is 44.6 Å². The van der Waals surface area contributed by atoms with Gasteiger partial charge in [0, 0.05) is 17.6 Å². The molecule has 4 heteroatoms. The molecule has 0 saturated heterocycles. The van der Waals surface area contributed by atoms with Crippen LogP contribution in [0.15, 0.2) is 24.3 Å². The number of amides is 1. The summed E-state index contributed by atoms with van der Waals surface area (Å²) in [5.74, 6) is 1.44. The normalized spacial score (nSPS) is 30.3. The van der Waals surface area contributed by atoms with E-state index in [1.54, 1.807) is 0 Å². The van der Waals surface area contributed by atoms with Gasteiger partial charge >= 0.3 is 0 Å². The first-order chi connectivity index (χ1) is 10.2. The number of para-hydroxylation sites is 1. The van der Waals surface area contributed by atoms with Crippen LogP contribution in [0.5, 0.6) is 0 Å². The van der Waals surface area contributed by atoms with Crippen LogP contribution in [0.25, 0.3) is 0 Å². The van der Waals surface area contributed by atoms with E-state index in [4.69, 9.17) is 5.73 Å². The van der Waals surface area contributed by atoms with E-state index in [0.717, 1.165) is 24.9 Å². The van der Waals surface area contributed by atoms with Gasteiger partial charge in [-0.05, 0) is 55.6 Å². The number of hydrogen-bond donors (Lipinski definition) is 2. The number of carbonyl (C=O) groups excluding carboxylic acids is 1. The summed E-state index contributed by atoms with van der Waals surface area (Å²) in [6.45, 7) is 2.12. The Hall–Kier alpha value is -1.06. The highest BCUT2D eigenvalue weighted by atomic mass is 35.5. The van der Waals surface area contributed by atoms with Crippen LogP contribution < -0.4 is 11.1 Å². The van der Waals surface area contributed by atoms with Crippen molar-refractivity contribution in [3.05, 3.63) is 29.8 Å². The minimum Gasteiger partial charge on any atom is -0.327 e. The molecule has 122 valence electrons. The van der Waals surface area contributed by atoms with Gasteiger partial charge < -0.3 is 11.1 Å². The molecule has 3 rings (SSSR count). The SMILES string of the molecule is CCc1ccccc1NC(=O)C1CC2CCCC(C1)C2N.Cl. The standard InChI is InChI=1S/C18H26N2O.ClH/c1-2-12-6-3-4-9-16(12)20-18(21)15-10-13-7-5-8-14(11-15)17(13)19;/h3-4,6,9,13-15,17H,2,5,7-8,10-11,19H2,1H3,(H,20,21);1H. The van der Waals surface area contributed by atoms with Crippen LogP contribution in [-0.2, 0) is 11.2 Å². The Morgan fingerprint density at radius 3 is 2.50 bits per heavy atom. The van der Waals surface area contributed by atoms with E-state index < -0.39 is 0 Å². The lowest BCUT2D eigenvalue weighted by Crippen LogP contribution is -2.48. The van der Waals surface area contributed by atoms with Gasteiger partial charge in [-0.15, -0.1) is 12.4 Å². The molecule has 0 spiro atoms. The number of benzene rings is 1. The number of halogens is 1. The van der Waals surface area contributed by atoms with Gasteiger partial charge in [-0.1, -0.05) is 31.5 Å². The summed E-state index contributed by atoms with van der Waals surface area (Å²) in [7, 11) is 0. The molecule has 0 heterocycles. The second kappa shape index (κ2) is 7.47. The molecule has 1 amide bonds. The van der Waals surface area contributed by atoms with Crippen molar-refractivity contribution in [3.63, 3.8) is 0 Å². The number of nitrogens with two attached hydrogens (primary N) is 1. The van der Waals surface area contributed by atoms with Crippen molar-refractivity contribution in [1.82, 2.24) is 0 Å². The van der Waals surface area contributed by atoms with Gasteiger partial charge in [0.15, 0.2) is 0 Å². The number of aryl methyl sites for hydroxylation is 1. The van der Waals surface area contributed by atoms with Gasteiger partial charge in [0.25, 0.3) is 0 Å². The van der Waals surface area contributed by atoms with Gasteiger partial charge in [-0.2, -0.15) is 0 Å². The summed E-state index contributed by atoms with van der Waals surface area (Å²) >= 11 is 0. The maximum Gasteiger partial charge on any atom is 0.227 e. The molecule has 2 bridgehead atoms. The van der Waals surface area contributed by atoms with E-state index in [0.29, 0.717) is 17.9 Å². The fourth-order valence-electron chi connectivity index (χ4n) is 4.19. The first kappa shape index (κ1) is 17.3. The number of rotatable bonds is 3. The first-order valence-corrected chi connectivity index (χ1v) is 8.33. The van der Waals surface area contributed by atoms with Gasteiger partial charge in [0.2, 0.25) is 5.91 Å². The maximum atomic E-state index is 12.6. The molecule has 0 aliphatic heterocycles. The van der Waals surface area contributed by atoms with E-state index in [2.05, 4.69) is 18.3 Å². The molecule has 2 fully saturated rings. The molecular formula is C18H27ClN2O. The van der Waals surface area contributed by atoms with Gasteiger partial charge in [-0.25, -0.2) is 0 Å². The number of anilines is 1. The van der Waals surface area contributed by atoms with Crippen LogP contribution in [-0.4, -0.2) is 11.9 Å². The number of carbonyl (C=O) groups is 1. The molecule has 1 aromatic rings. The Kier molecular flexibility index (Phi) is 5.87. The Morgan fingerprint density at radius 1 is 1.23 bits per heavy atom. The van der Waals surface area contributed by atoms with E-state index >= 15 is 0 Å². The van der Waals surface area contributed by atoms with Crippen molar-refractivity contribution in [2.45, 2.75) is 51.5 Å². The third-order valence-corrected chi connectivity index (χ3v) is 5.44. The minimum atomic E-state index is 0. The van der Waals surface area contributed by atoms with E-state index in [1.807, 2.05) is 18.2 Å². The first-order valence-electron chi connectivity index (χ1n) is 8.33. The Balaban J connectivity index is 0.00000176. The van der Waals surface area contributed by atoms with Crippen LogP contribution in [0.2, 0.25) is 0 Å². The average molecular weight is 323 g/mol. The van der Waals surface area contributed by atoms with E-state index in [-0.39, 0.29) is 24.2 Å². The molecule has 2 atom stereocenters. The zero-order valence-corrected chi connectivity index (χ0v) is 14.1. The summed E-state index contributed by atoms with van der Waals surface area (Å²) in [6, 6.07) is 8.43. The van der Waals surface area contributed by atoms with Crippen molar-refractivity contribution in [2.24, 2.45) is 23.5 Å². The Bertz CT molecular complexity index is 506. The van der Waals surface area contributed by atoms with Crippen molar-refractivity contribution < 1.29 is 4.79 Å². The minimum absolute atomic E-state index is 0. The van der Waals surface area contributed by atoms with Crippen molar-refractivity contribution >= 4 is 24.0 Å². The van der Waals surface area contributed by atoms with Crippen LogP contribution in [0.4, 0.5) is 5.69 Å². The fourth-order valence-corrected chi connectivity index (χ4v) is 4.19. The summed E-state index contributed by atoms with van der Waals surface area (Å²) in [4.78, 5) is 12.6. The molecule has 2 aliphatic carbocycles. The van der Waals surface area contributed by atoms with Crippen molar-refractivity contribution in [1.29, 1.82) is 0 Å². The predicted octanol–water partition coefficient (Wildman–Crippen LogP) is 3.76. The molecule has 22 heavy (non-hydrogen) atoms. The smallest absolute Gasteiger partial charge is 0.227 e. The monoisotopic (exact) mass is 322 g/mol. The molecule has 0 aromatic heterocycles. The predicted molar refractivity (Wildman–Crippen MR) is 93.2 cm³/mol. The van der Waals surface area contributed by atoms with Gasteiger partial charge in [-0.3, -0.25) is 4.79 Å². The second-order valence-electron chi connectivity index (χ2n) is 6.70. The van der Waals surface area contributed by atoms with Gasteiger partial charge in [0.1, 0.15) is 0 Å². The number of hydrogen-bond acceptors (Lipinski definition) is 2. The second-order valence-corrected chi connectivity index (χ2v) is 6.70. The lowest BCUT2D eigenvalue weighted by atomic mass is 9.65. The van der Waals surface area contributed by atoms with Gasteiger partial charge in [0.05, 0.1) is 0 Å². The van der Waals surface area contributed by atoms with Crippen molar-refractivity contribution in [3.8, 4) is 0 Å². The zero-order valence-electron chi connectivity index (χ0n) is 13.3. The molecule has 1 aromatic carbocycles. The molecule has 2 saturated carbocycles. The van der Waals surface area contributed by atoms with E-state index in [9.17, 15) is 4.79 Å². The van der Waals surface area contributed by atoms with Crippen LogP contribution in [0.3, 0.4) is 0 Å². The zero-order chi connectivity index (χ0) is 14.8. The summed E-state index contributed by atoms with van der Waals surface area (Å²) in [5.41, 5.74) is 8.50. The quantitative estimate of drug-likeness (QED) is 0.890. The average Bonchev–Trinajstić information content (AvgIpc) is 2.47. The molecule has 2 aliphatic rings. The Labute approximate surface area is 139 Å². The maximum absolute atomic E-state index is 12.6. The van der Waals surface area contributed by atoms with E-state index in [1.165, 1.54) is 24.8 Å². The molecular weight excluding hydrogens is 296 g/mol. The van der Waals surface area contributed by atoms with Crippen LogP contribution >= 0.6 is 12.4 Å². The topological polar surface area (TPSA) is 55.1 Å².